The number of aromatic carboxylic acids is 1. The summed E-state index contributed by atoms with van der Waals surface area (Å²) in [6.07, 6.45) is 9.19. The maximum Gasteiger partial charge on any atom is 0.337 e. The fourth-order valence-electron chi connectivity index (χ4n) is 3.17. The van der Waals surface area contributed by atoms with Crippen LogP contribution < -0.4 is 5.56 Å². The van der Waals surface area contributed by atoms with Crippen LogP contribution in [-0.4, -0.2) is 25.4 Å². The van der Waals surface area contributed by atoms with Gasteiger partial charge in [0.05, 0.1) is 11.3 Å². The Balaban J connectivity index is 1.92. The van der Waals surface area contributed by atoms with Gasteiger partial charge in [0.2, 0.25) is 0 Å². The zero-order valence-electron chi connectivity index (χ0n) is 13.3. The third-order valence-corrected chi connectivity index (χ3v) is 4.37. The third-order valence-electron chi connectivity index (χ3n) is 4.37. The normalized spacial score (nSPS) is 15.3. The minimum atomic E-state index is -1.07. The van der Waals surface area contributed by atoms with E-state index < -0.39 is 5.97 Å². The Labute approximate surface area is 143 Å². The van der Waals surface area contributed by atoms with E-state index in [-0.39, 0.29) is 11.1 Å². The predicted molar refractivity (Wildman–Crippen MR) is 93.5 cm³/mol. The average molecular weight is 333 g/mol. The molecule has 0 radical (unpaired) electrons. The molecular weight excluding hydrogens is 318 g/mol. The predicted octanol–water partition coefficient (Wildman–Crippen LogP) is 2.66. The summed E-state index contributed by atoms with van der Waals surface area (Å²) in [4.78, 5) is 32.7. The van der Waals surface area contributed by atoms with E-state index in [9.17, 15) is 9.59 Å². The lowest BCUT2D eigenvalue weighted by molar-refractivity contribution is 0.0696. The number of hydrogen-bond acceptors (Lipinski definition) is 4. The van der Waals surface area contributed by atoms with Crippen molar-refractivity contribution < 1.29 is 9.90 Å². The monoisotopic (exact) mass is 333 g/mol. The molecule has 1 aliphatic rings. The standard InChI is InChI=1S/C19H15N3O3/c23-18-15-5-1-4-13(9-12-3-2-8-20-10-12)17(15)21-16-7-6-14(19(24)25)11-22(16)18/h2-3,6-11H,1,4-5H2,(H,24,25). The summed E-state index contributed by atoms with van der Waals surface area (Å²) in [6.45, 7) is 0. The molecule has 4 rings (SSSR count). The van der Waals surface area contributed by atoms with Gasteiger partial charge in [-0.25, -0.2) is 9.78 Å². The lowest BCUT2D eigenvalue weighted by Crippen LogP contribution is -2.25. The number of nitrogens with zero attached hydrogens (tertiary/aromatic N) is 3. The molecule has 25 heavy (non-hydrogen) atoms. The van der Waals surface area contributed by atoms with Gasteiger partial charge in [0, 0.05) is 24.2 Å². The van der Waals surface area contributed by atoms with Gasteiger partial charge in [-0.3, -0.25) is 14.2 Å². The molecule has 0 saturated carbocycles. The third kappa shape index (κ3) is 2.71. The fraction of sp³-hybridized carbons (Fsp3) is 0.158. The molecule has 124 valence electrons. The van der Waals surface area contributed by atoms with Crippen molar-refractivity contribution in [3.05, 3.63) is 75.6 Å². The van der Waals surface area contributed by atoms with Crippen molar-refractivity contribution in [1.82, 2.24) is 14.4 Å². The summed E-state index contributed by atoms with van der Waals surface area (Å²) in [7, 11) is 0. The summed E-state index contributed by atoms with van der Waals surface area (Å²) < 4.78 is 1.33. The molecule has 3 aromatic rings. The Bertz CT molecular complexity index is 1070. The highest BCUT2D eigenvalue weighted by Crippen LogP contribution is 2.29. The van der Waals surface area contributed by atoms with Gasteiger partial charge in [0.15, 0.2) is 0 Å². The Morgan fingerprint density at radius 2 is 2.12 bits per heavy atom. The second-order valence-electron chi connectivity index (χ2n) is 6.00. The van der Waals surface area contributed by atoms with Gasteiger partial charge in [0.25, 0.3) is 5.56 Å². The first-order valence-corrected chi connectivity index (χ1v) is 8.03. The number of carbonyl (C=O) groups is 1. The topological polar surface area (TPSA) is 84.6 Å². The van der Waals surface area contributed by atoms with Crippen molar-refractivity contribution in [1.29, 1.82) is 0 Å². The molecule has 0 bridgehead atoms. The Morgan fingerprint density at radius 3 is 2.88 bits per heavy atom. The van der Waals surface area contributed by atoms with E-state index in [1.54, 1.807) is 18.5 Å². The van der Waals surface area contributed by atoms with Crippen molar-refractivity contribution in [3.8, 4) is 0 Å². The van der Waals surface area contributed by atoms with E-state index in [0.717, 1.165) is 24.0 Å². The molecule has 0 fully saturated rings. The molecule has 3 aromatic heterocycles. The highest BCUT2D eigenvalue weighted by molar-refractivity contribution is 5.87. The van der Waals surface area contributed by atoms with Crippen LogP contribution in [0, 0.1) is 0 Å². The van der Waals surface area contributed by atoms with Crippen molar-refractivity contribution in [2.45, 2.75) is 19.3 Å². The highest BCUT2D eigenvalue weighted by Gasteiger charge is 2.21. The van der Waals surface area contributed by atoms with Crippen LogP contribution in [0.2, 0.25) is 0 Å². The summed E-state index contributed by atoms with van der Waals surface area (Å²) in [5, 5.41) is 9.13. The van der Waals surface area contributed by atoms with Crippen molar-refractivity contribution >= 4 is 23.3 Å². The Kier molecular flexibility index (Phi) is 3.65. The molecule has 0 aliphatic heterocycles. The minimum Gasteiger partial charge on any atom is -0.478 e. The molecule has 0 aromatic carbocycles. The van der Waals surface area contributed by atoms with Crippen LogP contribution in [-0.2, 0) is 6.42 Å². The SMILES string of the molecule is O=C(O)c1ccc2nc3c(c(=O)n2c1)CCCC3=Cc1cccnc1. The molecule has 0 saturated heterocycles. The maximum absolute atomic E-state index is 12.8. The largest absolute Gasteiger partial charge is 0.478 e. The van der Waals surface area contributed by atoms with Crippen LogP contribution in [0.1, 0.15) is 40.0 Å². The van der Waals surface area contributed by atoms with Crippen LogP contribution in [0.4, 0.5) is 0 Å². The molecule has 1 N–H and O–H groups in total. The molecule has 0 unspecified atom stereocenters. The van der Waals surface area contributed by atoms with E-state index in [0.29, 0.717) is 23.3 Å². The van der Waals surface area contributed by atoms with Gasteiger partial charge in [-0.2, -0.15) is 0 Å². The fourth-order valence-corrected chi connectivity index (χ4v) is 3.17. The number of rotatable bonds is 2. The van der Waals surface area contributed by atoms with Gasteiger partial charge in [-0.1, -0.05) is 6.07 Å². The van der Waals surface area contributed by atoms with Crippen LogP contribution in [0.15, 0.2) is 47.7 Å². The molecule has 0 spiro atoms. The maximum atomic E-state index is 12.8. The van der Waals surface area contributed by atoms with E-state index in [2.05, 4.69) is 9.97 Å². The molecule has 6 heteroatoms. The number of allylic oxidation sites excluding steroid dienone is 1. The summed E-state index contributed by atoms with van der Waals surface area (Å²) in [6, 6.07) is 6.86. The van der Waals surface area contributed by atoms with Crippen LogP contribution in [0.25, 0.3) is 17.3 Å². The van der Waals surface area contributed by atoms with Gasteiger partial charge in [0.1, 0.15) is 5.65 Å². The lowest BCUT2D eigenvalue weighted by Gasteiger charge is -2.18. The van der Waals surface area contributed by atoms with Gasteiger partial charge >= 0.3 is 5.97 Å². The number of hydrogen-bond donors (Lipinski definition) is 1. The molecular formula is C19H15N3O3. The number of carboxylic acid groups (broad SMARTS) is 1. The van der Waals surface area contributed by atoms with Gasteiger partial charge < -0.3 is 5.11 Å². The quantitative estimate of drug-likeness (QED) is 0.779. The molecule has 0 atom stereocenters. The molecule has 6 nitrogen and oxygen atoms in total. The van der Waals surface area contributed by atoms with E-state index in [1.807, 2.05) is 18.2 Å². The number of fused-ring (bicyclic) bond motifs is 2. The lowest BCUT2D eigenvalue weighted by atomic mass is 9.91. The second-order valence-corrected chi connectivity index (χ2v) is 6.00. The van der Waals surface area contributed by atoms with Crippen molar-refractivity contribution in [2.75, 3.05) is 0 Å². The molecule has 0 amide bonds. The summed E-state index contributed by atoms with van der Waals surface area (Å²) in [5.41, 5.74) is 3.65. The van der Waals surface area contributed by atoms with Gasteiger partial charge in [-0.05, 0) is 54.7 Å². The number of pyridine rings is 2. The molecule has 3 heterocycles. The highest BCUT2D eigenvalue weighted by atomic mass is 16.4. The van der Waals surface area contributed by atoms with Crippen LogP contribution in [0.3, 0.4) is 0 Å². The average Bonchev–Trinajstić information content (AvgIpc) is 2.63. The zero-order valence-corrected chi connectivity index (χ0v) is 13.3. The Hall–Kier alpha value is -3.28. The summed E-state index contributed by atoms with van der Waals surface area (Å²) in [5.74, 6) is -1.07. The van der Waals surface area contributed by atoms with E-state index in [4.69, 9.17) is 5.11 Å². The molecule has 1 aliphatic carbocycles. The van der Waals surface area contributed by atoms with E-state index >= 15 is 0 Å². The Morgan fingerprint density at radius 1 is 1.24 bits per heavy atom. The smallest absolute Gasteiger partial charge is 0.337 e. The first kappa shape index (κ1) is 15.3. The van der Waals surface area contributed by atoms with Crippen molar-refractivity contribution in [2.24, 2.45) is 0 Å². The zero-order chi connectivity index (χ0) is 17.4. The van der Waals surface area contributed by atoms with Crippen molar-refractivity contribution in [3.63, 3.8) is 0 Å². The van der Waals surface area contributed by atoms with Crippen LogP contribution >= 0.6 is 0 Å². The van der Waals surface area contributed by atoms with Gasteiger partial charge in [-0.15, -0.1) is 0 Å². The summed E-state index contributed by atoms with van der Waals surface area (Å²) >= 11 is 0. The first-order valence-electron chi connectivity index (χ1n) is 8.03. The number of carboxylic acids is 1. The van der Waals surface area contributed by atoms with Crippen LogP contribution in [0.5, 0.6) is 0 Å². The minimum absolute atomic E-state index is 0.0679. The van der Waals surface area contributed by atoms with E-state index in [1.165, 1.54) is 16.7 Å². The second kappa shape index (κ2) is 5.98. The number of aromatic nitrogens is 3. The first-order chi connectivity index (χ1) is 12.1.